The summed E-state index contributed by atoms with van der Waals surface area (Å²) in [6, 6.07) is 10.8. The average molecular weight is 357 g/mol. The second-order valence-corrected chi connectivity index (χ2v) is 5.23. The number of aromatic nitrogens is 1. The van der Waals surface area contributed by atoms with Crippen LogP contribution in [-0.4, -0.2) is 29.7 Å². The molecule has 0 aliphatic carbocycles. The predicted octanol–water partition coefficient (Wildman–Crippen LogP) is 3.33. The van der Waals surface area contributed by atoms with E-state index in [1.54, 1.807) is 12.2 Å². The predicted molar refractivity (Wildman–Crippen MR) is 95.7 cm³/mol. The maximum absolute atomic E-state index is 11.6. The van der Waals surface area contributed by atoms with Crippen molar-refractivity contribution in [1.29, 1.82) is 0 Å². The Morgan fingerprint density at radius 3 is 2.81 bits per heavy atom. The Bertz CT molecular complexity index is 778. The highest BCUT2D eigenvalue weighted by molar-refractivity contribution is 5.67. The van der Waals surface area contributed by atoms with Gasteiger partial charge in [-0.1, -0.05) is 42.5 Å². The lowest BCUT2D eigenvalue weighted by Crippen LogP contribution is -2.24. The zero-order chi connectivity index (χ0) is 18.8. The summed E-state index contributed by atoms with van der Waals surface area (Å²) in [5, 5.41) is 13.6. The van der Waals surface area contributed by atoms with Gasteiger partial charge in [-0.15, -0.1) is 0 Å². The fraction of sp³-hybridized carbons (Fsp3) is 0.222. The number of nitro groups is 1. The third kappa shape index (κ3) is 5.90. The number of alkyl carbamates (subject to hydrolysis) is 1. The molecule has 2 rings (SSSR count). The Hall–Kier alpha value is -3.42. The number of methoxy groups -OCH3 is 1. The van der Waals surface area contributed by atoms with Gasteiger partial charge < -0.3 is 14.8 Å². The first-order chi connectivity index (χ1) is 12.6. The third-order valence-electron chi connectivity index (χ3n) is 3.35. The molecule has 8 heteroatoms. The molecule has 8 nitrogen and oxygen atoms in total. The molecular formula is C18H19N3O5. The number of nitrogens with zero attached hydrogens (tertiary/aromatic N) is 2. The molecule has 0 aliphatic heterocycles. The third-order valence-corrected chi connectivity index (χ3v) is 3.35. The summed E-state index contributed by atoms with van der Waals surface area (Å²) in [5.41, 5.74) is 1.29. The first-order valence-corrected chi connectivity index (χ1v) is 7.89. The monoisotopic (exact) mass is 357 g/mol. The van der Waals surface area contributed by atoms with Crippen LogP contribution in [0.4, 0.5) is 10.5 Å². The lowest BCUT2D eigenvalue weighted by atomic mass is 10.2. The van der Waals surface area contributed by atoms with Crippen molar-refractivity contribution in [2.75, 3.05) is 13.7 Å². The number of hydrogen-bond donors (Lipinski definition) is 1. The van der Waals surface area contributed by atoms with Crippen molar-refractivity contribution in [2.24, 2.45) is 0 Å². The van der Waals surface area contributed by atoms with Crippen LogP contribution < -0.4 is 10.1 Å². The van der Waals surface area contributed by atoms with E-state index in [1.807, 2.05) is 30.3 Å². The van der Waals surface area contributed by atoms with Crippen LogP contribution in [0.3, 0.4) is 0 Å². The van der Waals surface area contributed by atoms with E-state index in [0.29, 0.717) is 18.5 Å². The number of amides is 1. The van der Waals surface area contributed by atoms with Gasteiger partial charge in [-0.25, -0.2) is 9.78 Å². The van der Waals surface area contributed by atoms with Gasteiger partial charge in [0.05, 0.1) is 12.0 Å². The number of pyridine rings is 1. The number of rotatable bonds is 8. The molecule has 0 aliphatic rings. The van der Waals surface area contributed by atoms with Gasteiger partial charge in [0.25, 0.3) is 5.88 Å². The SMILES string of the molecule is COc1ncc(C=CCCNC(=O)OCc2ccccc2)cc1[N+](=O)[O-]. The summed E-state index contributed by atoms with van der Waals surface area (Å²) in [5.74, 6) is -0.0324. The zero-order valence-corrected chi connectivity index (χ0v) is 14.3. The number of carbonyl (C=O) groups excluding carboxylic acids is 1. The second kappa shape index (κ2) is 9.77. The van der Waals surface area contributed by atoms with Crippen LogP contribution in [0.1, 0.15) is 17.5 Å². The van der Waals surface area contributed by atoms with E-state index in [1.165, 1.54) is 19.4 Å². The van der Waals surface area contributed by atoms with Gasteiger partial charge >= 0.3 is 11.8 Å². The highest BCUT2D eigenvalue weighted by Crippen LogP contribution is 2.24. The van der Waals surface area contributed by atoms with E-state index in [-0.39, 0.29) is 18.2 Å². The Labute approximate surface area is 150 Å². The van der Waals surface area contributed by atoms with Crippen molar-refractivity contribution >= 4 is 17.9 Å². The number of nitrogens with one attached hydrogen (secondary N) is 1. The van der Waals surface area contributed by atoms with Gasteiger partial charge in [-0.05, 0) is 17.5 Å². The molecule has 0 atom stereocenters. The summed E-state index contributed by atoms with van der Waals surface area (Å²) < 4.78 is 9.94. The maximum Gasteiger partial charge on any atom is 0.407 e. The minimum Gasteiger partial charge on any atom is -0.476 e. The molecule has 0 spiro atoms. The van der Waals surface area contributed by atoms with Gasteiger partial charge in [-0.3, -0.25) is 10.1 Å². The first-order valence-electron chi connectivity index (χ1n) is 7.89. The Balaban J connectivity index is 1.74. The number of benzene rings is 1. The van der Waals surface area contributed by atoms with Crippen LogP contribution in [0.25, 0.3) is 6.08 Å². The molecule has 2 aromatic rings. The Morgan fingerprint density at radius 1 is 1.35 bits per heavy atom. The van der Waals surface area contributed by atoms with Crippen molar-refractivity contribution in [2.45, 2.75) is 13.0 Å². The topological polar surface area (TPSA) is 104 Å². The molecular weight excluding hydrogens is 338 g/mol. The molecule has 0 saturated carbocycles. The van der Waals surface area contributed by atoms with Crippen LogP contribution in [0.5, 0.6) is 5.88 Å². The molecule has 1 N–H and O–H groups in total. The van der Waals surface area contributed by atoms with E-state index in [0.717, 1.165) is 5.56 Å². The number of carbonyl (C=O) groups is 1. The van der Waals surface area contributed by atoms with E-state index in [9.17, 15) is 14.9 Å². The summed E-state index contributed by atoms with van der Waals surface area (Å²) >= 11 is 0. The van der Waals surface area contributed by atoms with Crippen LogP contribution in [0, 0.1) is 10.1 Å². The molecule has 1 heterocycles. The van der Waals surface area contributed by atoms with Crippen LogP contribution in [0.15, 0.2) is 48.7 Å². The van der Waals surface area contributed by atoms with E-state index in [2.05, 4.69) is 10.3 Å². The summed E-state index contributed by atoms with van der Waals surface area (Å²) in [6.45, 7) is 0.597. The second-order valence-electron chi connectivity index (χ2n) is 5.23. The van der Waals surface area contributed by atoms with E-state index >= 15 is 0 Å². The highest BCUT2D eigenvalue weighted by atomic mass is 16.6. The molecule has 1 aromatic carbocycles. The van der Waals surface area contributed by atoms with Crippen LogP contribution in [-0.2, 0) is 11.3 Å². The van der Waals surface area contributed by atoms with Gasteiger partial charge in [0.15, 0.2) is 0 Å². The minimum atomic E-state index is -0.548. The molecule has 136 valence electrons. The largest absolute Gasteiger partial charge is 0.476 e. The zero-order valence-electron chi connectivity index (χ0n) is 14.3. The fourth-order valence-corrected chi connectivity index (χ4v) is 2.09. The Morgan fingerprint density at radius 2 is 2.12 bits per heavy atom. The van der Waals surface area contributed by atoms with Crippen LogP contribution in [0.2, 0.25) is 0 Å². The molecule has 26 heavy (non-hydrogen) atoms. The summed E-state index contributed by atoms with van der Waals surface area (Å²) in [6.07, 6.45) is 5.00. The maximum atomic E-state index is 11.6. The quantitative estimate of drug-likeness (QED) is 0.441. The van der Waals surface area contributed by atoms with Crippen molar-refractivity contribution in [1.82, 2.24) is 10.3 Å². The minimum absolute atomic E-state index is 0.0324. The fourth-order valence-electron chi connectivity index (χ4n) is 2.09. The van der Waals surface area contributed by atoms with Crippen molar-refractivity contribution in [3.05, 3.63) is 69.9 Å². The van der Waals surface area contributed by atoms with Crippen LogP contribution >= 0.6 is 0 Å². The average Bonchev–Trinajstić information content (AvgIpc) is 2.66. The highest BCUT2D eigenvalue weighted by Gasteiger charge is 2.15. The van der Waals surface area contributed by atoms with Crippen molar-refractivity contribution in [3.63, 3.8) is 0 Å². The van der Waals surface area contributed by atoms with Crippen molar-refractivity contribution < 1.29 is 19.2 Å². The summed E-state index contributed by atoms with van der Waals surface area (Å²) in [4.78, 5) is 25.9. The molecule has 0 unspecified atom stereocenters. The lowest BCUT2D eigenvalue weighted by Gasteiger charge is -2.05. The smallest absolute Gasteiger partial charge is 0.407 e. The van der Waals surface area contributed by atoms with Gasteiger partial charge in [0.2, 0.25) is 0 Å². The number of ether oxygens (including phenoxy) is 2. The Kier molecular flexibility index (Phi) is 7.11. The van der Waals surface area contributed by atoms with Gasteiger partial charge in [0, 0.05) is 18.8 Å². The lowest BCUT2D eigenvalue weighted by molar-refractivity contribution is -0.386. The molecule has 0 radical (unpaired) electrons. The van der Waals surface area contributed by atoms with Gasteiger partial charge in [0.1, 0.15) is 6.61 Å². The normalized spacial score (nSPS) is 10.5. The summed E-state index contributed by atoms with van der Waals surface area (Å²) in [7, 11) is 1.33. The molecule has 0 fully saturated rings. The van der Waals surface area contributed by atoms with Gasteiger partial charge in [-0.2, -0.15) is 0 Å². The molecule has 1 aromatic heterocycles. The van der Waals surface area contributed by atoms with E-state index < -0.39 is 11.0 Å². The molecule has 0 saturated heterocycles. The first kappa shape index (κ1) is 18.9. The van der Waals surface area contributed by atoms with E-state index in [4.69, 9.17) is 9.47 Å². The number of hydrogen-bond acceptors (Lipinski definition) is 6. The van der Waals surface area contributed by atoms with Crippen molar-refractivity contribution in [3.8, 4) is 5.88 Å². The standard InChI is InChI=1S/C18H19N3O5/c1-25-17-16(21(23)24)11-15(12-20-17)9-5-6-10-19-18(22)26-13-14-7-3-2-4-8-14/h2-5,7-9,11-12H,6,10,13H2,1H3,(H,19,22). The molecule has 1 amide bonds. The molecule has 0 bridgehead atoms.